The number of halogens is 2. The number of nitrogens with one attached hydrogen (secondary N) is 1. The summed E-state index contributed by atoms with van der Waals surface area (Å²) < 4.78 is 13.6. The van der Waals surface area contributed by atoms with Gasteiger partial charge in [-0.25, -0.2) is 0 Å². The molecule has 0 spiro atoms. The van der Waals surface area contributed by atoms with E-state index < -0.39 is 0 Å². The second kappa shape index (κ2) is 9.91. The number of benzene rings is 2. The minimum Gasteiger partial charge on any atom is -0.493 e. The number of para-hydroxylation sites is 1. The number of aryl methyl sites for hydroxylation is 1. The highest BCUT2D eigenvalue weighted by Gasteiger charge is 2.11. The van der Waals surface area contributed by atoms with Crippen LogP contribution in [-0.2, 0) is 13.0 Å². The largest absolute Gasteiger partial charge is 0.493 e. The molecule has 0 aliphatic heterocycles. The molecule has 0 fully saturated rings. The number of hydrogen-bond acceptors (Lipinski definition) is 5. The predicted molar refractivity (Wildman–Crippen MR) is 118 cm³/mol. The van der Waals surface area contributed by atoms with Crippen LogP contribution in [0.25, 0.3) is 0 Å². The normalized spacial score (nSPS) is 11.2. The maximum atomic E-state index is 6.09. The average molecular weight is 451 g/mol. The molecular weight excluding hydrogens is 431 g/mol. The summed E-state index contributed by atoms with van der Waals surface area (Å²) in [5.74, 6) is 1.94. The van der Waals surface area contributed by atoms with Crippen molar-refractivity contribution in [1.29, 1.82) is 0 Å². The van der Waals surface area contributed by atoms with E-state index in [1.54, 1.807) is 30.1 Å². The Labute approximate surface area is 184 Å². The van der Waals surface area contributed by atoms with Gasteiger partial charge >= 0.3 is 0 Å². The summed E-state index contributed by atoms with van der Waals surface area (Å²) in [6.45, 7) is 2.37. The molecule has 0 saturated carbocycles. The van der Waals surface area contributed by atoms with Crippen molar-refractivity contribution < 1.29 is 9.47 Å². The third-order valence-corrected chi connectivity index (χ3v) is 5.10. The highest BCUT2D eigenvalue weighted by atomic mass is 35.5. The maximum Gasteiger partial charge on any atom is 0.216 e. The Hall–Kier alpha value is -2.35. The quantitative estimate of drug-likeness (QED) is 0.354. The second-order valence-electron chi connectivity index (χ2n) is 6.17. The summed E-state index contributed by atoms with van der Waals surface area (Å²) in [5.41, 5.74) is 1.63. The molecule has 1 heterocycles. The first-order valence-electron chi connectivity index (χ1n) is 8.97. The van der Waals surface area contributed by atoms with E-state index in [0.29, 0.717) is 32.9 Å². The van der Waals surface area contributed by atoms with Gasteiger partial charge in [0.25, 0.3) is 0 Å². The number of hydrogen-bond donors (Lipinski definition) is 1. The molecule has 3 aromatic rings. The summed E-state index contributed by atoms with van der Waals surface area (Å²) in [7, 11) is 1.59. The van der Waals surface area contributed by atoms with Gasteiger partial charge in [-0.05, 0) is 48.5 Å². The molecule has 2 aromatic carbocycles. The molecule has 0 radical (unpaired) electrons. The predicted octanol–water partition coefficient (Wildman–Crippen LogP) is 5.67. The van der Waals surface area contributed by atoms with Crippen LogP contribution in [0.15, 0.2) is 41.5 Å². The molecule has 3 rings (SSSR count). The molecule has 0 amide bonds. The Morgan fingerprint density at radius 3 is 2.79 bits per heavy atom. The van der Waals surface area contributed by atoms with Crippen LogP contribution in [0.3, 0.4) is 0 Å². The Balaban J connectivity index is 1.89. The fourth-order valence-electron chi connectivity index (χ4n) is 2.68. The fourth-order valence-corrected chi connectivity index (χ4v) is 3.20. The molecule has 0 aliphatic rings. The second-order valence-corrected chi connectivity index (χ2v) is 7.37. The van der Waals surface area contributed by atoms with Crippen molar-refractivity contribution in [2.75, 3.05) is 7.11 Å². The van der Waals surface area contributed by atoms with Crippen molar-refractivity contribution in [3.8, 4) is 11.5 Å². The lowest BCUT2D eigenvalue weighted by atomic mass is 10.2. The topological polar surface area (TPSA) is 64.4 Å². The highest BCUT2D eigenvalue weighted by molar-refractivity contribution is 7.71. The van der Waals surface area contributed by atoms with Gasteiger partial charge in [-0.2, -0.15) is 14.9 Å². The molecule has 1 N–H and O–H groups in total. The summed E-state index contributed by atoms with van der Waals surface area (Å²) in [6, 6.07) is 11.0. The summed E-state index contributed by atoms with van der Waals surface area (Å²) in [6.07, 6.45) is 3.38. The van der Waals surface area contributed by atoms with Crippen molar-refractivity contribution in [3.05, 3.63) is 68.2 Å². The van der Waals surface area contributed by atoms with Crippen molar-refractivity contribution in [3.63, 3.8) is 0 Å². The summed E-state index contributed by atoms with van der Waals surface area (Å²) in [4.78, 5) is 0. The summed E-state index contributed by atoms with van der Waals surface area (Å²) in [5, 5.41) is 12.5. The molecule has 0 unspecified atom stereocenters. The van der Waals surface area contributed by atoms with Crippen molar-refractivity contribution in [1.82, 2.24) is 14.9 Å². The van der Waals surface area contributed by atoms with Gasteiger partial charge in [-0.15, -0.1) is 0 Å². The zero-order valence-corrected chi connectivity index (χ0v) is 18.3. The monoisotopic (exact) mass is 450 g/mol. The smallest absolute Gasteiger partial charge is 0.216 e. The Morgan fingerprint density at radius 2 is 2.07 bits per heavy atom. The molecule has 0 saturated heterocycles. The zero-order valence-electron chi connectivity index (χ0n) is 16.0. The van der Waals surface area contributed by atoms with E-state index in [1.165, 1.54) is 0 Å². The average Bonchev–Trinajstić information content (AvgIpc) is 3.07. The standard InChI is InChI=1S/C20H20Cl2N4O2S/c1-3-5-18-24-25-20(29)26(18)23-11-14-6-4-7-17(27-2)19(14)28-12-13-8-9-15(21)16(22)10-13/h4,6-11H,3,5,12H2,1-2H3,(H,25,29)/b23-11+. The van der Waals surface area contributed by atoms with Gasteiger partial charge in [0.05, 0.1) is 23.4 Å². The van der Waals surface area contributed by atoms with E-state index in [9.17, 15) is 0 Å². The molecule has 152 valence electrons. The van der Waals surface area contributed by atoms with Gasteiger partial charge in [0.15, 0.2) is 17.3 Å². The molecular formula is C20H20Cl2N4O2S. The lowest BCUT2D eigenvalue weighted by molar-refractivity contribution is 0.284. The van der Waals surface area contributed by atoms with Crippen molar-refractivity contribution >= 4 is 41.6 Å². The molecule has 0 aliphatic carbocycles. The van der Waals surface area contributed by atoms with Crippen LogP contribution in [0, 0.1) is 4.77 Å². The molecule has 0 atom stereocenters. The Kier molecular flexibility index (Phi) is 7.30. The maximum absolute atomic E-state index is 6.09. The van der Waals surface area contributed by atoms with Crippen LogP contribution >= 0.6 is 35.4 Å². The number of H-pyrrole nitrogens is 1. The zero-order chi connectivity index (χ0) is 20.8. The number of rotatable bonds is 8. The molecule has 6 nitrogen and oxygen atoms in total. The molecule has 0 bridgehead atoms. The van der Waals surface area contributed by atoms with Gasteiger partial charge in [-0.1, -0.05) is 42.3 Å². The highest BCUT2D eigenvalue weighted by Crippen LogP contribution is 2.31. The minimum absolute atomic E-state index is 0.296. The first kappa shape index (κ1) is 21.4. The van der Waals surface area contributed by atoms with Crippen LogP contribution in [0.2, 0.25) is 10.0 Å². The fraction of sp³-hybridized carbons (Fsp3) is 0.250. The van der Waals surface area contributed by atoms with E-state index in [-0.39, 0.29) is 0 Å². The number of aromatic nitrogens is 3. The van der Waals surface area contributed by atoms with Gasteiger partial charge in [0.2, 0.25) is 4.77 Å². The van der Waals surface area contributed by atoms with E-state index in [0.717, 1.165) is 29.8 Å². The van der Waals surface area contributed by atoms with E-state index >= 15 is 0 Å². The first-order valence-corrected chi connectivity index (χ1v) is 10.1. The van der Waals surface area contributed by atoms with Crippen LogP contribution in [0.1, 0.15) is 30.3 Å². The number of nitrogens with zero attached hydrogens (tertiary/aromatic N) is 3. The van der Waals surface area contributed by atoms with Crippen molar-refractivity contribution in [2.45, 2.75) is 26.4 Å². The van der Waals surface area contributed by atoms with Crippen LogP contribution in [0.4, 0.5) is 0 Å². The van der Waals surface area contributed by atoms with Gasteiger partial charge in [0, 0.05) is 12.0 Å². The Morgan fingerprint density at radius 1 is 1.24 bits per heavy atom. The molecule has 29 heavy (non-hydrogen) atoms. The minimum atomic E-state index is 0.296. The van der Waals surface area contributed by atoms with Gasteiger partial charge in [0.1, 0.15) is 6.61 Å². The van der Waals surface area contributed by atoms with Gasteiger partial charge < -0.3 is 9.47 Å². The number of ether oxygens (including phenoxy) is 2. The van der Waals surface area contributed by atoms with Crippen LogP contribution in [-0.4, -0.2) is 28.2 Å². The third-order valence-electron chi connectivity index (χ3n) is 4.10. The molecule has 9 heteroatoms. The molecule has 1 aromatic heterocycles. The third kappa shape index (κ3) is 5.18. The van der Waals surface area contributed by atoms with Crippen LogP contribution < -0.4 is 9.47 Å². The summed E-state index contributed by atoms with van der Waals surface area (Å²) >= 11 is 17.3. The lowest BCUT2D eigenvalue weighted by Gasteiger charge is -2.13. The van der Waals surface area contributed by atoms with Gasteiger partial charge in [-0.3, -0.25) is 5.10 Å². The van der Waals surface area contributed by atoms with Crippen molar-refractivity contribution in [2.24, 2.45) is 5.10 Å². The van der Waals surface area contributed by atoms with E-state index in [2.05, 4.69) is 22.2 Å². The number of aromatic amines is 1. The van der Waals surface area contributed by atoms with Crippen LogP contribution in [0.5, 0.6) is 11.5 Å². The first-order chi connectivity index (χ1) is 14.0. The van der Waals surface area contributed by atoms with E-state index in [1.807, 2.05) is 24.3 Å². The Bertz CT molecular complexity index is 1080. The number of methoxy groups -OCH3 is 1. The van der Waals surface area contributed by atoms with E-state index in [4.69, 9.17) is 44.9 Å². The lowest BCUT2D eigenvalue weighted by Crippen LogP contribution is -2.03. The SMILES string of the molecule is CCCc1n[nH]c(=S)n1/N=C/c1cccc(OC)c1OCc1ccc(Cl)c(Cl)c1.